The molecule has 1 fully saturated rings. The third kappa shape index (κ3) is 3.70. The van der Waals surface area contributed by atoms with Gasteiger partial charge in [-0.15, -0.1) is 4.98 Å². The molecular weight excluding hydrogens is 402 g/mol. The molecule has 0 atom stereocenters. The number of pyridine rings is 3. The first kappa shape index (κ1) is 20.2. The molecule has 5 rings (SSSR count). The zero-order valence-electron chi connectivity index (χ0n) is 18.1. The molecule has 5 heterocycles. The Morgan fingerprint density at radius 1 is 1.09 bits per heavy atom. The first-order valence-corrected chi connectivity index (χ1v) is 10.7. The van der Waals surface area contributed by atoms with Crippen LogP contribution in [0.2, 0.25) is 0 Å². The van der Waals surface area contributed by atoms with Gasteiger partial charge in [0.05, 0.1) is 11.3 Å². The number of rotatable bonds is 4. The van der Waals surface area contributed by atoms with E-state index in [-0.39, 0.29) is 0 Å². The van der Waals surface area contributed by atoms with Crippen LogP contribution >= 0.6 is 0 Å². The van der Waals surface area contributed by atoms with E-state index in [1.54, 1.807) is 6.20 Å². The quantitative estimate of drug-likeness (QED) is 0.422. The van der Waals surface area contributed by atoms with Gasteiger partial charge in [0.2, 0.25) is 0 Å². The van der Waals surface area contributed by atoms with E-state index in [1.165, 1.54) is 0 Å². The summed E-state index contributed by atoms with van der Waals surface area (Å²) in [5.41, 5.74) is 6.43. The van der Waals surface area contributed by atoms with Crippen molar-refractivity contribution in [2.24, 2.45) is 0 Å². The first-order valence-electron chi connectivity index (χ1n) is 10.7. The van der Waals surface area contributed by atoms with Crippen LogP contribution < -0.4 is 5.32 Å². The largest absolute Gasteiger partial charge is 0.452 e. The zero-order valence-corrected chi connectivity index (χ0v) is 18.1. The highest BCUT2D eigenvalue weighted by Crippen LogP contribution is 2.37. The fourth-order valence-corrected chi connectivity index (χ4v) is 4.09. The molecule has 4 aromatic rings. The lowest BCUT2D eigenvalue weighted by Crippen LogP contribution is -2.27. The Labute approximate surface area is 186 Å². The van der Waals surface area contributed by atoms with Crippen LogP contribution in [0.1, 0.15) is 24.0 Å². The predicted octanol–water partition coefficient (Wildman–Crippen LogP) is 5.71. The lowest BCUT2D eigenvalue weighted by molar-refractivity contribution is 0.0904. The third-order valence-corrected chi connectivity index (χ3v) is 5.79. The van der Waals surface area contributed by atoms with Gasteiger partial charge in [0.15, 0.2) is 17.0 Å². The molecule has 1 aliphatic heterocycles. The number of nitrogens with one attached hydrogen (secondary N) is 1. The van der Waals surface area contributed by atoms with Crippen molar-refractivity contribution in [2.75, 3.05) is 18.5 Å². The molecule has 0 saturated carbocycles. The summed E-state index contributed by atoms with van der Waals surface area (Å²) in [6.45, 7) is 13.1. The number of anilines is 1. The van der Waals surface area contributed by atoms with Crippen LogP contribution in [0.15, 0.2) is 47.1 Å². The van der Waals surface area contributed by atoms with Crippen LogP contribution in [0.4, 0.5) is 11.5 Å². The van der Waals surface area contributed by atoms with Gasteiger partial charge in [-0.25, -0.2) is 0 Å². The Morgan fingerprint density at radius 3 is 2.72 bits per heavy atom. The highest BCUT2D eigenvalue weighted by Gasteiger charge is 2.21. The van der Waals surface area contributed by atoms with Crippen LogP contribution in [0.5, 0.6) is 0 Å². The molecular formula is C25H23N5O2. The number of hydrogen-bond acceptors (Lipinski definition) is 6. The molecule has 0 aliphatic carbocycles. The summed E-state index contributed by atoms with van der Waals surface area (Å²) in [4.78, 5) is 17.4. The summed E-state index contributed by atoms with van der Waals surface area (Å²) in [5, 5.41) is 3.46. The average molecular weight is 425 g/mol. The van der Waals surface area contributed by atoms with Crippen LogP contribution in [0.25, 0.3) is 38.7 Å². The number of furan rings is 1. The van der Waals surface area contributed by atoms with Gasteiger partial charge >= 0.3 is 0 Å². The molecule has 1 saturated heterocycles. The van der Waals surface area contributed by atoms with Crippen LogP contribution in [0, 0.1) is 20.4 Å². The van der Waals surface area contributed by atoms with Gasteiger partial charge in [-0.1, -0.05) is 12.6 Å². The second-order valence-electron chi connectivity index (χ2n) is 8.02. The highest BCUT2D eigenvalue weighted by molar-refractivity contribution is 5.93. The minimum absolute atomic E-state index is 0.292. The Hall–Kier alpha value is -3.76. The van der Waals surface area contributed by atoms with Crippen molar-refractivity contribution in [2.45, 2.75) is 32.7 Å². The SMILES string of the molecule is [C-]#[N+]c1nc(-c2c(C)cnc3cc(-c4ncccc4C)oc23)ccc1NC1CCOCC1. The van der Waals surface area contributed by atoms with Crippen LogP contribution in [0.3, 0.4) is 0 Å². The highest BCUT2D eigenvalue weighted by atomic mass is 16.5. The Kier molecular flexibility index (Phi) is 5.29. The molecule has 1 N–H and O–H groups in total. The van der Waals surface area contributed by atoms with Gasteiger partial charge in [-0.3, -0.25) is 9.97 Å². The normalized spacial score (nSPS) is 14.4. The third-order valence-electron chi connectivity index (χ3n) is 5.79. The summed E-state index contributed by atoms with van der Waals surface area (Å²) >= 11 is 0. The summed E-state index contributed by atoms with van der Waals surface area (Å²) in [6, 6.07) is 9.98. The van der Waals surface area contributed by atoms with E-state index < -0.39 is 0 Å². The van der Waals surface area contributed by atoms with Gasteiger partial charge in [0, 0.05) is 37.7 Å². The second-order valence-corrected chi connectivity index (χ2v) is 8.02. The number of aromatic nitrogens is 3. The van der Waals surface area contributed by atoms with E-state index in [0.717, 1.165) is 59.6 Å². The fourth-order valence-electron chi connectivity index (χ4n) is 4.09. The lowest BCUT2D eigenvalue weighted by atomic mass is 10.1. The topological polar surface area (TPSA) is 77.4 Å². The Bertz CT molecular complexity index is 1330. The Balaban J connectivity index is 1.57. The molecule has 0 unspecified atom stereocenters. The van der Waals surface area contributed by atoms with Gasteiger partial charge in [0.25, 0.3) is 5.82 Å². The minimum atomic E-state index is 0.292. The van der Waals surface area contributed by atoms with Crippen LogP contribution in [-0.2, 0) is 4.74 Å². The van der Waals surface area contributed by atoms with Crippen LogP contribution in [-0.4, -0.2) is 34.2 Å². The molecule has 0 aromatic carbocycles. The van der Waals surface area contributed by atoms with Crippen molar-refractivity contribution in [1.82, 2.24) is 15.0 Å². The number of fused-ring (bicyclic) bond motifs is 1. The van der Waals surface area contributed by atoms with E-state index in [2.05, 4.69) is 25.1 Å². The zero-order chi connectivity index (χ0) is 22.1. The van der Waals surface area contributed by atoms with Crippen molar-refractivity contribution in [1.29, 1.82) is 0 Å². The van der Waals surface area contributed by atoms with E-state index in [9.17, 15) is 0 Å². The maximum Gasteiger partial charge on any atom is 0.293 e. The van der Waals surface area contributed by atoms with Crippen molar-refractivity contribution in [3.05, 3.63) is 65.3 Å². The van der Waals surface area contributed by atoms with E-state index in [0.29, 0.717) is 28.9 Å². The molecule has 0 spiro atoms. The molecule has 160 valence electrons. The molecule has 7 heteroatoms. The van der Waals surface area contributed by atoms with E-state index in [1.807, 2.05) is 50.4 Å². The fraction of sp³-hybridized carbons (Fsp3) is 0.280. The first-order chi connectivity index (χ1) is 15.6. The summed E-state index contributed by atoms with van der Waals surface area (Å²) in [6.07, 6.45) is 5.41. The van der Waals surface area contributed by atoms with Gasteiger partial charge in [0.1, 0.15) is 11.2 Å². The smallest absolute Gasteiger partial charge is 0.293 e. The summed E-state index contributed by atoms with van der Waals surface area (Å²) < 4.78 is 11.7. The average Bonchev–Trinajstić information content (AvgIpc) is 3.24. The van der Waals surface area contributed by atoms with E-state index >= 15 is 0 Å². The molecule has 0 bridgehead atoms. The molecule has 4 aromatic heterocycles. The second kappa shape index (κ2) is 8.40. The molecule has 32 heavy (non-hydrogen) atoms. The van der Waals surface area contributed by atoms with Crippen molar-refractivity contribution in [3.8, 4) is 22.7 Å². The van der Waals surface area contributed by atoms with E-state index in [4.69, 9.17) is 15.7 Å². The summed E-state index contributed by atoms with van der Waals surface area (Å²) in [5.74, 6) is 1.02. The summed E-state index contributed by atoms with van der Waals surface area (Å²) in [7, 11) is 0. The minimum Gasteiger partial charge on any atom is -0.452 e. The lowest BCUT2D eigenvalue weighted by Gasteiger charge is -2.24. The van der Waals surface area contributed by atoms with Gasteiger partial charge in [-0.05, 0) is 56.0 Å². The van der Waals surface area contributed by atoms with Crippen molar-refractivity contribution < 1.29 is 9.15 Å². The number of nitrogens with zero attached hydrogens (tertiary/aromatic N) is 4. The van der Waals surface area contributed by atoms with Crippen molar-refractivity contribution >= 4 is 22.6 Å². The number of hydrogen-bond donors (Lipinski definition) is 1. The predicted molar refractivity (Wildman–Crippen MR) is 124 cm³/mol. The molecule has 0 amide bonds. The maximum absolute atomic E-state index is 7.67. The van der Waals surface area contributed by atoms with Gasteiger partial charge < -0.3 is 19.3 Å². The Morgan fingerprint density at radius 2 is 1.94 bits per heavy atom. The molecule has 0 radical (unpaired) electrons. The van der Waals surface area contributed by atoms with Crippen molar-refractivity contribution in [3.63, 3.8) is 0 Å². The standard InChI is InChI=1S/C25H23N5O2/c1-15-5-4-10-27-23(15)21-13-20-24(32-21)22(16(2)14-28-20)18-6-7-19(25(26-3)30-18)29-17-8-11-31-12-9-17/h4-7,10,13-14,17,29H,8-9,11-12H2,1-2H3. The number of ether oxygens (including phenoxy) is 1. The van der Waals surface area contributed by atoms with Gasteiger partial charge in [-0.2, -0.15) is 0 Å². The maximum atomic E-state index is 7.67. The number of aryl methyl sites for hydroxylation is 2. The monoisotopic (exact) mass is 425 g/mol. The molecule has 1 aliphatic rings. The molecule has 7 nitrogen and oxygen atoms in total.